The Bertz CT molecular complexity index is 1130. The molecule has 0 aliphatic carbocycles. The van der Waals surface area contributed by atoms with Crippen LogP contribution in [0.25, 0.3) is 33.9 Å². The number of pyridine rings is 1. The summed E-state index contributed by atoms with van der Waals surface area (Å²) in [5.41, 5.74) is 9.84. The first-order chi connectivity index (χ1) is 13.9. The van der Waals surface area contributed by atoms with Crippen LogP contribution in [-0.2, 0) is 11.5 Å². The number of imidazole rings is 1. The third kappa shape index (κ3) is 4.55. The standard InChI is InChI=1S/C21H25N5O2Si/c1-29(2,3)9-8-27-14-26-7-6-24-20(26)21-25-18-5-4-15(11-19(18)28-21)16-10-17(22)13-23-12-16/h4-7,10-13H,8-9,14,22H2,1-3H3. The lowest BCUT2D eigenvalue weighted by Gasteiger charge is -2.15. The van der Waals surface area contributed by atoms with Gasteiger partial charge in [0.1, 0.15) is 12.2 Å². The van der Waals surface area contributed by atoms with E-state index in [4.69, 9.17) is 14.9 Å². The van der Waals surface area contributed by atoms with Gasteiger partial charge in [-0.05, 0) is 29.8 Å². The SMILES string of the molecule is C[Si](C)(C)CCOCn1ccnc1-c1nc2ccc(-c3cncc(N)c3)cc2o1. The first-order valence-corrected chi connectivity index (χ1v) is 13.3. The predicted octanol–water partition coefficient (Wildman–Crippen LogP) is 4.65. The van der Waals surface area contributed by atoms with E-state index in [1.54, 1.807) is 18.6 Å². The van der Waals surface area contributed by atoms with Gasteiger partial charge >= 0.3 is 0 Å². The molecular formula is C21H25N5O2Si. The molecule has 3 heterocycles. The van der Waals surface area contributed by atoms with Crippen LogP contribution in [-0.4, -0.2) is 34.2 Å². The van der Waals surface area contributed by atoms with Crippen molar-refractivity contribution in [2.75, 3.05) is 12.3 Å². The van der Waals surface area contributed by atoms with E-state index in [-0.39, 0.29) is 0 Å². The van der Waals surface area contributed by atoms with Gasteiger partial charge in [0.15, 0.2) is 11.4 Å². The highest BCUT2D eigenvalue weighted by Gasteiger charge is 2.16. The predicted molar refractivity (Wildman–Crippen MR) is 117 cm³/mol. The number of fused-ring (bicyclic) bond motifs is 1. The molecule has 7 nitrogen and oxygen atoms in total. The molecule has 0 spiro atoms. The van der Waals surface area contributed by atoms with Crippen molar-refractivity contribution in [3.05, 3.63) is 49.1 Å². The summed E-state index contributed by atoms with van der Waals surface area (Å²) in [5.74, 6) is 1.13. The minimum Gasteiger partial charge on any atom is -0.434 e. The summed E-state index contributed by atoms with van der Waals surface area (Å²) < 4.78 is 13.8. The van der Waals surface area contributed by atoms with E-state index in [1.165, 1.54) is 0 Å². The Hall–Kier alpha value is -2.97. The van der Waals surface area contributed by atoms with E-state index in [1.807, 2.05) is 35.0 Å². The molecule has 150 valence electrons. The van der Waals surface area contributed by atoms with Gasteiger partial charge in [-0.1, -0.05) is 25.7 Å². The van der Waals surface area contributed by atoms with Gasteiger partial charge in [-0.2, -0.15) is 0 Å². The number of ether oxygens (including phenoxy) is 1. The molecule has 0 saturated carbocycles. The number of anilines is 1. The first kappa shape index (κ1) is 19.3. The maximum atomic E-state index is 6.01. The smallest absolute Gasteiger partial charge is 0.264 e. The topological polar surface area (TPSA) is 92.0 Å². The molecular weight excluding hydrogens is 382 g/mol. The highest BCUT2D eigenvalue weighted by Crippen LogP contribution is 2.28. The van der Waals surface area contributed by atoms with E-state index in [2.05, 4.69) is 34.6 Å². The van der Waals surface area contributed by atoms with Gasteiger partial charge < -0.3 is 19.5 Å². The molecule has 1 aromatic carbocycles. The summed E-state index contributed by atoms with van der Waals surface area (Å²) >= 11 is 0. The zero-order valence-electron chi connectivity index (χ0n) is 16.9. The molecule has 29 heavy (non-hydrogen) atoms. The molecule has 0 radical (unpaired) electrons. The normalized spacial score (nSPS) is 12.0. The monoisotopic (exact) mass is 407 g/mol. The van der Waals surface area contributed by atoms with Crippen LogP contribution in [0.3, 0.4) is 0 Å². The lowest BCUT2D eigenvalue weighted by atomic mass is 10.1. The largest absolute Gasteiger partial charge is 0.434 e. The number of nitrogen functional groups attached to an aromatic ring is 1. The fourth-order valence-electron chi connectivity index (χ4n) is 2.97. The zero-order valence-corrected chi connectivity index (χ0v) is 17.9. The van der Waals surface area contributed by atoms with Gasteiger partial charge in [0.25, 0.3) is 5.89 Å². The van der Waals surface area contributed by atoms with Crippen molar-refractivity contribution in [2.45, 2.75) is 32.4 Å². The van der Waals surface area contributed by atoms with Crippen LogP contribution < -0.4 is 5.73 Å². The number of nitrogens with two attached hydrogens (primary N) is 1. The van der Waals surface area contributed by atoms with E-state index in [0.717, 1.165) is 29.3 Å². The van der Waals surface area contributed by atoms with Crippen LogP contribution in [0.2, 0.25) is 25.7 Å². The number of hydrogen-bond donors (Lipinski definition) is 1. The Morgan fingerprint density at radius 3 is 2.79 bits per heavy atom. The molecule has 4 rings (SSSR count). The molecule has 2 N–H and O–H groups in total. The second kappa shape index (κ2) is 7.80. The summed E-state index contributed by atoms with van der Waals surface area (Å²) in [6.07, 6.45) is 7.01. The average Bonchev–Trinajstić information content (AvgIpc) is 3.30. The van der Waals surface area contributed by atoms with Gasteiger partial charge in [0.2, 0.25) is 0 Å². The van der Waals surface area contributed by atoms with Gasteiger partial charge in [-0.15, -0.1) is 0 Å². The van der Waals surface area contributed by atoms with Crippen LogP contribution in [0.1, 0.15) is 0 Å². The molecule has 0 bridgehead atoms. The Morgan fingerprint density at radius 1 is 1.14 bits per heavy atom. The lowest BCUT2D eigenvalue weighted by Crippen LogP contribution is -2.22. The average molecular weight is 408 g/mol. The summed E-state index contributed by atoms with van der Waals surface area (Å²) in [4.78, 5) is 13.2. The Balaban J connectivity index is 1.55. The number of aromatic nitrogens is 4. The van der Waals surface area contributed by atoms with Gasteiger partial charge in [0.05, 0.1) is 5.69 Å². The van der Waals surface area contributed by atoms with Crippen LogP contribution in [0.15, 0.2) is 53.5 Å². The maximum absolute atomic E-state index is 6.01. The van der Waals surface area contributed by atoms with E-state index in [0.29, 0.717) is 29.7 Å². The van der Waals surface area contributed by atoms with Crippen molar-refractivity contribution in [2.24, 2.45) is 0 Å². The summed E-state index contributed by atoms with van der Waals surface area (Å²) in [6, 6.07) is 8.87. The molecule has 0 aliphatic rings. The molecule has 0 atom stereocenters. The van der Waals surface area contributed by atoms with E-state index in [9.17, 15) is 0 Å². The van der Waals surface area contributed by atoms with Crippen molar-refractivity contribution in [3.63, 3.8) is 0 Å². The molecule has 8 heteroatoms. The third-order valence-corrected chi connectivity index (χ3v) is 6.32. The second-order valence-electron chi connectivity index (χ2n) is 8.28. The number of rotatable bonds is 7. The van der Waals surface area contributed by atoms with Crippen LogP contribution >= 0.6 is 0 Å². The van der Waals surface area contributed by atoms with Crippen molar-refractivity contribution in [1.29, 1.82) is 0 Å². The Morgan fingerprint density at radius 2 is 2.00 bits per heavy atom. The zero-order chi connectivity index (χ0) is 20.4. The minimum atomic E-state index is -1.11. The van der Waals surface area contributed by atoms with Gasteiger partial charge in [-0.3, -0.25) is 4.98 Å². The van der Waals surface area contributed by atoms with Crippen molar-refractivity contribution >= 4 is 24.9 Å². The summed E-state index contributed by atoms with van der Waals surface area (Å²) in [7, 11) is -1.11. The third-order valence-electron chi connectivity index (χ3n) is 4.61. The number of nitrogens with zero attached hydrogens (tertiary/aromatic N) is 4. The van der Waals surface area contributed by atoms with Crippen molar-refractivity contribution in [1.82, 2.24) is 19.5 Å². The molecule has 3 aromatic heterocycles. The van der Waals surface area contributed by atoms with E-state index < -0.39 is 8.07 Å². The Kier molecular flexibility index (Phi) is 5.21. The molecule has 4 aromatic rings. The van der Waals surface area contributed by atoms with Crippen LogP contribution in [0.4, 0.5) is 5.69 Å². The number of benzene rings is 1. The quantitative estimate of drug-likeness (QED) is 0.354. The minimum absolute atomic E-state index is 0.429. The molecule has 0 amide bonds. The highest BCUT2D eigenvalue weighted by atomic mass is 28.3. The summed E-state index contributed by atoms with van der Waals surface area (Å²) in [6.45, 7) is 8.19. The highest BCUT2D eigenvalue weighted by molar-refractivity contribution is 6.76. The van der Waals surface area contributed by atoms with Crippen molar-refractivity contribution < 1.29 is 9.15 Å². The van der Waals surface area contributed by atoms with Crippen molar-refractivity contribution in [3.8, 4) is 22.8 Å². The van der Waals surface area contributed by atoms with E-state index >= 15 is 0 Å². The maximum Gasteiger partial charge on any atom is 0.264 e. The van der Waals surface area contributed by atoms with Gasteiger partial charge in [0, 0.05) is 45.0 Å². The fraction of sp³-hybridized carbons (Fsp3) is 0.286. The number of oxazole rings is 1. The van der Waals surface area contributed by atoms with Gasteiger partial charge in [-0.25, -0.2) is 9.97 Å². The molecule has 0 aliphatic heterocycles. The molecule has 0 unspecified atom stereocenters. The summed E-state index contributed by atoms with van der Waals surface area (Å²) in [5, 5.41) is 0. The first-order valence-electron chi connectivity index (χ1n) is 9.60. The van der Waals surface area contributed by atoms with Crippen LogP contribution in [0.5, 0.6) is 0 Å². The lowest BCUT2D eigenvalue weighted by molar-refractivity contribution is 0.0879. The Labute approximate surface area is 170 Å². The molecule has 0 fully saturated rings. The number of hydrogen-bond acceptors (Lipinski definition) is 6. The van der Waals surface area contributed by atoms with Crippen LogP contribution in [0, 0.1) is 0 Å². The second-order valence-corrected chi connectivity index (χ2v) is 13.9. The fourth-order valence-corrected chi connectivity index (χ4v) is 3.72. The molecule has 0 saturated heterocycles.